The highest BCUT2D eigenvalue weighted by Crippen LogP contribution is 2.32. The second kappa shape index (κ2) is 9.47. The molecule has 7 nitrogen and oxygen atoms in total. The fraction of sp³-hybridized carbons (Fsp3) is 0.300. The van der Waals surface area contributed by atoms with E-state index < -0.39 is 0 Å². The Hall–Kier alpha value is -3.22. The van der Waals surface area contributed by atoms with Crippen LogP contribution in [0.2, 0.25) is 0 Å². The van der Waals surface area contributed by atoms with Gasteiger partial charge in [0.1, 0.15) is 0 Å². The molecule has 0 aliphatic carbocycles. The molecule has 2 aromatic rings. The molecule has 0 radical (unpaired) electrons. The van der Waals surface area contributed by atoms with E-state index in [0.29, 0.717) is 37.8 Å². The van der Waals surface area contributed by atoms with E-state index in [1.807, 2.05) is 36.4 Å². The van der Waals surface area contributed by atoms with Crippen molar-refractivity contribution < 1.29 is 14.3 Å². The summed E-state index contributed by atoms with van der Waals surface area (Å²) in [6.07, 6.45) is 0.870. The van der Waals surface area contributed by atoms with Gasteiger partial charge in [0.2, 0.25) is 0 Å². The molecule has 0 saturated carbocycles. The smallest absolute Gasteiger partial charge is 0.251 e. The summed E-state index contributed by atoms with van der Waals surface area (Å²) in [5.74, 6) is 1.99. The number of benzene rings is 2. The topological polar surface area (TPSA) is 84.0 Å². The summed E-state index contributed by atoms with van der Waals surface area (Å²) in [7, 11) is 1.70. The van der Waals surface area contributed by atoms with E-state index in [-0.39, 0.29) is 5.91 Å². The van der Waals surface area contributed by atoms with Gasteiger partial charge in [0.25, 0.3) is 5.91 Å². The Balaban J connectivity index is 1.47. The minimum absolute atomic E-state index is 0.0942. The van der Waals surface area contributed by atoms with Crippen LogP contribution in [0.1, 0.15) is 16.8 Å². The quantitative estimate of drug-likeness (QED) is 0.428. The summed E-state index contributed by atoms with van der Waals surface area (Å²) in [6.45, 7) is 2.33. The number of fused-ring (bicyclic) bond motifs is 1. The summed E-state index contributed by atoms with van der Waals surface area (Å²) >= 11 is 0. The zero-order valence-corrected chi connectivity index (χ0v) is 15.3. The average Bonchev–Trinajstić information content (AvgIpc) is 2.95. The van der Waals surface area contributed by atoms with Crippen LogP contribution in [0.15, 0.2) is 53.5 Å². The van der Waals surface area contributed by atoms with Crippen molar-refractivity contribution in [3.63, 3.8) is 0 Å². The molecule has 142 valence electrons. The summed E-state index contributed by atoms with van der Waals surface area (Å²) in [4.78, 5) is 16.2. The summed E-state index contributed by atoms with van der Waals surface area (Å²) in [5, 5.41) is 9.25. The molecule has 1 aliphatic rings. The van der Waals surface area contributed by atoms with Gasteiger partial charge in [-0.3, -0.25) is 9.79 Å². The third-order valence-electron chi connectivity index (χ3n) is 3.97. The molecule has 0 unspecified atom stereocenters. The number of guanidine groups is 1. The first kappa shape index (κ1) is 18.6. The lowest BCUT2D eigenvalue weighted by Crippen LogP contribution is -2.37. The van der Waals surface area contributed by atoms with Gasteiger partial charge >= 0.3 is 0 Å². The van der Waals surface area contributed by atoms with E-state index in [9.17, 15) is 4.79 Å². The minimum atomic E-state index is -0.0942. The van der Waals surface area contributed by atoms with Crippen molar-refractivity contribution in [2.75, 3.05) is 38.7 Å². The first-order valence-corrected chi connectivity index (χ1v) is 8.97. The molecule has 7 heteroatoms. The summed E-state index contributed by atoms with van der Waals surface area (Å²) in [5.41, 5.74) is 1.49. The lowest BCUT2D eigenvalue weighted by Gasteiger charge is -2.14. The molecular formula is C20H24N4O3. The maximum absolute atomic E-state index is 12.0. The Morgan fingerprint density at radius 1 is 1.00 bits per heavy atom. The predicted octanol–water partition coefficient (Wildman–Crippen LogP) is 2.27. The number of nitrogens with zero attached hydrogens (tertiary/aromatic N) is 1. The van der Waals surface area contributed by atoms with Crippen molar-refractivity contribution in [3.8, 4) is 11.5 Å². The summed E-state index contributed by atoms with van der Waals surface area (Å²) < 4.78 is 11.3. The molecule has 0 saturated heterocycles. The molecule has 0 atom stereocenters. The van der Waals surface area contributed by atoms with Crippen LogP contribution in [0, 0.1) is 0 Å². The SMILES string of the molecule is CN=C(NCCNC(=O)c1ccccc1)Nc1ccc2c(c1)OCCCO2. The molecule has 1 aliphatic heterocycles. The summed E-state index contributed by atoms with van der Waals surface area (Å²) in [6, 6.07) is 14.8. The Bertz CT molecular complexity index is 793. The second-order valence-corrected chi connectivity index (χ2v) is 5.96. The van der Waals surface area contributed by atoms with Crippen LogP contribution in [0.4, 0.5) is 5.69 Å². The highest BCUT2D eigenvalue weighted by Gasteiger charge is 2.11. The van der Waals surface area contributed by atoms with Gasteiger partial charge in [-0.25, -0.2) is 0 Å². The number of amides is 1. The lowest BCUT2D eigenvalue weighted by atomic mass is 10.2. The van der Waals surface area contributed by atoms with Crippen molar-refractivity contribution in [3.05, 3.63) is 54.1 Å². The molecule has 0 spiro atoms. The molecule has 0 bridgehead atoms. The number of nitrogens with one attached hydrogen (secondary N) is 3. The Labute approximate surface area is 158 Å². The number of anilines is 1. The fourth-order valence-corrected chi connectivity index (χ4v) is 2.61. The number of rotatable bonds is 5. The van der Waals surface area contributed by atoms with Gasteiger partial charge in [0, 0.05) is 43.9 Å². The number of carbonyl (C=O) groups excluding carboxylic acids is 1. The molecule has 1 amide bonds. The second-order valence-electron chi connectivity index (χ2n) is 5.96. The monoisotopic (exact) mass is 368 g/mol. The molecule has 3 N–H and O–H groups in total. The van der Waals surface area contributed by atoms with E-state index >= 15 is 0 Å². The van der Waals surface area contributed by atoms with E-state index in [1.54, 1.807) is 19.2 Å². The maximum Gasteiger partial charge on any atom is 0.251 e. The number of hydrogen-bond acceptors (Lipinski definition) is 4. The standard InChI is InChI=1S/C20H24N4O3/c1-21-20(23-11-10-22-19(25)15-6-3-2-4-7-15)24-16-8-9-17-18(14-16)27-13-5-12-26-17/h2-4,6-9,14H,5,10-13H2,1H3,(H,22,25)(H2,21,23,24). The minimum Gasteiger partial charge on any atom is -0.490 e. The van der Waals surface area contributed by atoms with Crippen LogP contribution in [-0.2, 0) is 0 Å². The van der Waals surface area contributed by atoms with Crippen LogP contribution in [0.25, 0.3) is 0 Å². The van der Waals surface area contributed by atoms with E-state index in [0.717, 1.165) is 23.6 Å². The number of carbonyl (C=O) groups is 1. The third-order valence-corrected chi connectivity index (χ3v) is 3.97. The third kappa shape index (κ3) is 5.37. The van der Waals surface area contributed by atoms with Crippen molar-refractivity contribution in [2.24, 2.45) is 4.99 Å². The normalized spacial score (nSPS) is 13.4. The zero-order chi connectivity index (χ0) is 18.9. The van der Waals surface area contributed by atoms with Crippen molar-refractivity contribution in [1.82, 2.24) is 10.6 Å². The zero-order valence-electron chi connectivity index (χ0n) is 15.3. The predicted molar refractivity (Wildman–Crippen MR) is 106 cm³/mol. The number of aliphatic imine (C=N–C) groups is 1. The van der Waals surface area contributed by atoms with Crippen LogP contribution in [0.5, 0.6) is 11.5 Å². The molecule has 27 heavy (non-hydrogen) atoms. The average molecular weight is 368 g/mol. The molecule has 3 rings (SSSR count). The molecule has 2 aromatic carbocycles. The van der Waals surface area contributed by atoms with Gasteiger partial charge in [0.05, 0.1) is 13.2 Å². The van der Waals surface area contributed by atoms with E-state index in [1.165, 1.54) is 0 Å². The van der Waals surface area contributed by atoms with Crippen LogP contribution < -0.4 is 25.4 Å². The van der Waals surface area contributed by atoms with Crippen LogP contribution in [0.3, 0.4) is 0 Å². The van der Waals surface area contributed by atoms with Crippen molar-refractivity contribution >= 4 is 17.6 Å². The maximum atomic E-state index is 12.0. The Morgan fingerprint density at radius 3 is 2.52 bits per heavy atom. The van der Waals surface area contributed by atoms with E-state index in [4.69, 9.17) is 9.47 Å². The Kier molecular flexibility index (Phi) is 6.51. The largest absolute Gasteiger partial charge is 0.490 e. The highest BCUT2D eigenvalue weighted by atomic mass is 16.5. The van der Waals surface area contributed by atoms with Gasteiger partial charge in [-0.05, 0) is 24.3 Å². The molecule has 1 heterocycles. The van der Waals surface area contributed by atoms with Crippen molar-refractivity contribution in [2.45, 2.75) is 6.42 Å². The highest BCUT2D eigenvalue weighted by molar-refractivity contribution is 5.95. The van der Waals surface area contributed by atoms with Gasteiger partial charge < -0.3 is 25.4 Å². The van der Waals surface area contributed by atoms with Crippen LogP contribution in [-0.4, -0.2) is 45.2 Å². The Morgan fingerprint density at radius 2 is 1.74 bits per heavy atom. The molecular weight excluding hydrogens is 344 g/mol. The number of ether oxygens (including phenoxy) is 2. The van der Waals surface area contributed by atoms with Gasteiger partial charge in [0.15, 0.2) is 17.5 Å². The molecule has 0 fully saturated rings. The van der Waals surface area contributed by atoms with Gasteiger partial charge in [-0.1, -0.05) is 18.2 Å². The molecule has 0 aromatic heterocycles. The van der Waals surface area contributed by atoms with Gasteiger partial charge in [-0.2, -0.15) is 0 Å². The number of hydrogen-bond donors (Lipinski definition) is 3. The van der Waals surface area contributed by atoms with Crippen LogP contribution >= 0.6 is 0 Å². The fourth-order valence-electron chi connectivity index (χ4n) is 2.61. The van der Waals surface area contributed by atoms with Gasteiger partial charge in [-0.15, -0.1) is 0 Å². The van der Waals surface area contributed by atoms with Crippen molar-refractivity contribution in [1.29, 1.82) is 0 Å². The first-order valence-electron chi connectivity index (χ1n) is 8.97. The lowest BCUT2D eigenvalue weighted by molar-refractivity contribution is 0.0954. The van der Waals surface area contributed by atoms with E-state index in [2.05, 4.69) is 20.9 Å². The first-order chi connectivity index (χ1) is 13.3.